The number of halogens is 1. The molecule has 1 fully saturated rings. The number of nitrogens with zero attached hydrogens (tertiary/aromatic N) is 1. The summed E-state index contributed by atoms with van der Waals surface area (Å²) in [7, 11) is 0. The van der Waals surface area contributed by atoms with E-state index in [-0.39, 0.29) is 5.54 Å². The number of isocyanates is 1. The Morgan fingerprint density at radius 3 is 2.71 bits per heavy atom. The van der Waals surface area contributed by atoms with E-state index in [4.69, 9.17) is 11.6 Å². The molecule has 14 heavy (non-hydrogen) atoms. The number of hydrogen-bond acceptors (Lipinski definition) is 2. The van der Waals surface area contributed by atoms with Gasteiger partial charge in [0, 0.05) is 5.02 Å². The fourth-order valence-electron chi connectivity index (χ4n) is 1.84. The second-order valence-electron chi connectivity index (χ2n) is 3.60. The molecule has 1 aromatic rings. The fraction of sp³-hybridized carbons (Fsp3) is 0.364. The van der Waals surface area contributed by atoms with E-state index >= 15 is 0 Å². The first-order valence-electron chi connectivity index (χ1n) is 4.62. The maximum atomic E-state index is 10.3. The molecule has 0 N–H and O–H groups in total. The normalized spacial score (nSPS) is 18.1. The van der Waals surface area contributed by atoms with Gasteiger partial charge in [0.2, 0.25) is 6.08 Å². The van der Waals surface area contributed by atoms with Crippen molar-refractivity contribution < 1.29 is 4.79 Å². The van der Waals surface area contributed by atoms with Crippen molar-refractivity contribution in [1.29, 1.82) is 0 Å². The standard InChI is InChI=1S/C11H10ClNO/c12-10-4-1-3-9(7-10)11(13-8-14)5-2-6-11/h1,3-4,7H,2,5-6H2. The maximum Gasteiger partial charge on any atom is 0.235 e. The van der Waals surface area contributed by atoms with Crippen LogP contribution in [-0.4, -0.2) is 6.08 Å². The Hall–Kier alpha value is -1.11. The summed E-state index contributed by atoms with van der Waals surface area (Å²) >= 11 is 5.89. The van der Waals surface area contributed by atoms with Crippen molar-refractivity contribution in [2.45, 2.75) is 24.8 Å². The van der Waals surface area contributed by atoms with Crippen LogP contribution in [0.1, 0.15) is 24.8 Å². The van der Waals surface area contributed by atoms with E-state index in [1.165, 1.54) is 0 Å². The topological polar surface area (TPSA) is 29.4 Å². The minimum atomic E-state index is -0.327. The third kappa shape index (κ3) is 1.47. The van der Waals surface area contributed by atoms with Gasteiger partial charge in [-0.25, -0.2) is 4.79 Å². The Morgan fingerprint density at radius 2 is 2.21 bits per heavy atom. The zero-order valence-electron chi connectivity index (χ0n) is 7.66. The molecule has 0 heterocycles. The zero-order chi connectivity index (χ0) is 10.0. The molecule has 0 aliphatic heterocycles. The van der Waals surface area contributed by atoms with Gasteiger partial charge in [-0.15, -0.1) is 0 Å². The molecule has 72 valence electrons. The van der Waals surface area contributed by atoms with E-state index < -0.39 is 0 Å². The molecule has 1 aliphatic carbocycles. The monoisotopic (exact) mass is 207 g/mol. The second kappa shape index (κ2) is 3.56. The van der Waals surface area contributed by atoms with Crippen LogP contribution < -0.4 is 0 Å². The average Bonchev–Trinajstić information content (AvgIpc) is 2.11. The van der Waals surface area contributed by atoms with Crippen LogP contribution in [0.15, 0.2) is 29.3 Å². The Labute approximate surface area is 87.6 Å². The van der Waals surface area contributed by atoms with E-state index in [9.17, 15) is 4.79 Å². The highest BCUT2D eigenvalue weighted by Gasteiger charge is 2.38. The molecule has 0 amide bonds. The zero-order valence-corrected chi connectivity index (χ0v) is 8.42. The lowest BCUT2D eigenvalue weighted by atomic mass is 9.72. The van der Waals surface area contributed by atoms with Crippen molar-refractivity contribution in [2.24, 2.45) is 4.99 Å². The van der Waals surface area contributed by atoms with Gasteiger partial charge in [0.15, 0.2) is 0 Å². The Balaban J connectivity index is 2.41. The third-order valence-electron chi connectivity index (χ3n) is 2.80. The van der Waals surface area contributed by atoms with Crippen molar-refractivity contribution in [3.05, 3.63) is 34.9 Å². The first-order valence-corrected chi connectivity index (χ1v) is 5.00. The smallest absolute Gasteiger partial charge is 0.211 e. The molecule has 0 saturated heterocycles. The van der Waals surface area contributed by atoms with Crippen LogP contribution in [0.3, 0.4) is 0 Å². The molecule has 2 nitrogen and oxygen atoms in total. The summed E-state index contributed by atoms with van der Waals surface area (Å²) in [6, 6.07) is 7.55. The van der Waals surface area contributed by atoms with Crippen LogP contribution >= 0.6 is 11.6 Å². The largest absolute Gasteiger partial charge is 0.235 e. The summed E-state index contributed by atoms with van der Waals surface area (Å²) in [6.07, 6.45) is 4.61. The number of hydrogen-bond donors (Lipinski definition) is 0. The molecule has 2 rings (SSSR count). The van der Waals surface area contributed by atoms with Gasteiger partial charge >= 0.3 is 0 Å². The van der Waals surface area contributed by atoms with Gasteiger partial charge in [-0.2, -0.15) is 4.99 Å². The van der Waals surface area contributed by atoms with Gasteiger partial charge in [-0.1, -0.05) is 23.7 Å². The van der Waals surface area contributed by atoms with Crippen LogP contribution in [0, 0.1) is 0 Å². The first-order chi connectivity index (χ1) is 6.77. The molecule has 1 aliphatic rings. The van der Waals surface area contributed by atoms with Crippen molar-refractivity contribution >= 4 is 17.7 Å². The van der Waals surface area contributed by atoms with Gasteiger partial charge in [0.05, 0.1) is 5.54 Å². The second-order valence-corrected chi connectivity index (χ2v) is 4.04. The SMILES string of the molecule is O=C=NC1(c2cccc(Cl)c2)CCC1. The highest BCUT2D eigenvalue weighted by atomic mass is 35.5. The van der Waals surface area contributed by atoms with Crippen LogP contribution in [0.2, 0.25) is 5.02 Å². The number of carbonyl (C=O) groups excluding carboxylic acids is 1. The summed E-state index contributed by atoms with van der Waals surface area (Å²) in [5, 5.41) is 0.690. The molecule has 0 unspecified atom stereocenters. The van der Waals surface area contributed by atoms with Gasteiger partial charge in [0.1, 0.15) is 0 Å². The highest BCUT2D eigenvalue weighted by molar-refractivity contribution is 6.30. The minimum Gasteiger partial charge on any atom is -0.211 e. The summed E-state index contributed by atoms with van der Waals surface area (Å²) < 4.78 is 0. The van der Waals surface area contributed by atoms with Crippen molar-refractivity contribution in [3.8, 4) is 0 Å². The summed E-state index contributed by atoms with van der Waals surface area (Å²) in [4.78, 5) is 14.3. The molecule has 0 spiro atoms. The van der Waals surface area contributed by atoms with E-state index in [1.807, 2.05) is 24.3 Å². The lowest BCUT2D eigenvalue weighted by molar-refractivity contribution is 0.256. The van der Waals surface area contributed by atoms with Crippen molar-refractivity contribution in [3.63, 3.8) is 0 Å². The number of rotatable bonds is 2. The Kier molecular flexibility index (Phi) is 2.40. The van der Waals surface area contributed by atoms with Crippen LogP contribution in [-0.2, 0) is 10.3 Å². The third-order valence-corrected chi connectivity index (χ3v) is 3.04. The molecule has 1 saturated carbocycles. The average molecular weight is 208 g/mol. The van der Waals surface area contributed by atoms with Gasteiger partial charge in [-0.05, 0) is 37.0 Å². The Bertz CT molecular complexity index is 392. The molecule has 0 radical (unpaired) electrons. The lowest BCUT2D eigenvalue weighted by Gasteiger charge is -2.37. The molecule has 0 aromatic heterocycles. The summed E-state index contributed by atoms with van der Waals surface area (Å²) in [6.45, 7) is 0. The van der Waals surface area contributed by atoms with Crippen molar-refractivity contribution in [2.75, 3.05) is 0 Å². The molecular weight excluding hydrogens is 198 g/mol. The molecule has 0 atom stereocenters. The van der Waals surface area contributed by atoms with Crippen LogP contribution in [0.25, 0.3) is 0 Å². The maximum absolute atomic E-state index is 10.3. The molecule has 1 aromatic carbocycles. The quantitative estimate of drug-likeness (QED) is 0.542. The first kappa shape index (κ1) is 9.45. The predicted octanol–water partition coefficient (Wildman–Crippen LogP) is 3.06. The van der Waals surface area contributed by atoms with Crippen LogP contribution in [0.4, 0.5) is 0 Å². The van der Waals surface area contributed by atoms with Gasteiger partial charge in [0.25, 0.3) is 0 Å². The Morgan fingerprint density at radius 1 is 1.43 bits per heavy atom. The van der Waals surface area contributed by atoms with E-state index in [2.05, 4.69) is 4.99 Å². The predicted molar refractivity (Wildman–Crippen MR) is 55.1 cm³/mol. The van der Waals surface area contributed by atoms with E-state index in [1.54, 1.807) is 6.08 Å². The minimum absolute atomic E-state index is 0.327. The molecule has 3 heteroatoms. The molecule has 0 bridgehead atoms. The van der Waals surface area contributed by atoms with Gasteiger partial charge in [-0.3, -0.25) is 0 Å². The van der Waals surface area contributed by atoms with Crippen LogP contribution in [0.5, 0.6) is 0 Å². The van der Waals surface area contributed by atoms with Gasteiger partial charge < -0.3 is 0 Å². The summed E-state index contributed by atoms with van der Waals surface area (Å²) in [5.74, 6) is 0. The lowest BCUT2D eigenvalue weighted by Crippen LogP contribution is -2.31. The highest BCUT2D eigenvalue weighted by Crippen LogP contribution is 2.45. The number of aliphatic imine (C=N–C) groups is 1. The van der Waals surface area contributed by atoms with E-state index in [0.29, 0.717) is 5.02 Å². The van der Waals surface area contributed by atoms with E-state index in [0.717, 1.165) is 24.8 Å². The molecular formula is C11H10ClNO. The fourth-order valence-corrected chi connectivity index (χ4v) is 2.03. The number of benzene rings is 1. The van der Waals surface area contributed by atoms with Crippen molar-refractivity contribution in [1.82, 2.24) is 0 Å². The summed E-state index contributed by atoms with van der Waals surface area (Å²) in [5.41, 5.74) is 0.701.